The number of nitrogens with zero attached hydrogens (tertiary/aromatic N) is 1. The van der Waals surface area contributed by atoms with E-state index in [1.54, 1.807) is 25.3 Å². The molecule has 2 amide bonds. The van der Waals surface area contributed by atoms with E-state index in [4.69, 9.17) is 9.47 Å². The van der Waals surface area contributed by atoms with Crippen molar-refractivity contribution in [3.63, 3.8) is 0 Å². The van der Waals surface area contributed by atoms with Crippen molar-refractivity contribution in [2.24, 2.45) is 5.10 Å². The molecule has 1 fully saturated rings. The maximum atomic E-state index is 12.4. The lowest BCUT2D eigenvalue weighted by Gasteiger charge is -2.12. The van der Waals surface area contributed by atoms with Gasteiger partial charge in [0.25, 0.3) is 0 Å². The average molecular weight is 400 g/mol. The van der Waals surface area contributed by atoms with E-state index in [9.17, 15) is 9.59 Å². The van der Waals surface area contributed by atoms with Crippen LogP contribution in [-0.2, 0) is 9.59 Å². The first-order valence-electron chi connectivity index (χ1n) is 8.47. The van der Waals surface area contributed by atoms with Gasteiger partial charge in [0.2, 0.25) is 11.8 Å². The molecule has 2 aromatic carbocycles. The lowest BCUT2D eigenvalue weighted by molar-refractivity contribution is -0.122. The van der Waals surface area contributed by atoms with Crippen molar-refractivity contribution in [3.05, 3.63) is 48.5 Å². The first-order valence-corrected chi connectivity index (χ1v) is 9.35. The average Bonchev–Trinajstić information content (AvgIpc) is 3.06. The summed E-state index contributed by atoms with van der Waals surface area (Å²) in [6.07, 6.45) is 0.00996. The third kappa shape index (κ3) is 4.95. The molecule has 1 saturated heterocycles. The Hall–Kier alpha value is -3.20. The van der Waals surface area contributed by atoms with Crippen LogP contribution in [0.4, 0.5) is 11.4 Å². The first kappa shape index (κ1) is 19.6. The molecule has 1 aliphatic rings. The van der Waals surface area contributed by atoms with Gasteiger partial charge in [-0.25, -0.2) is 0 Å². The Kier molecular flexibility index (Phi) is 6.38. The zero-order valence-corrected chi connectivity index (χ0v) is 16.2. The Morgan fingerprint density at radius 2 is 1.96 bits per heavy atom. The number of carbonyl (C=O) groups excluding carboxylic acids is 2. The van der Waals surface area contributed by atoms with Crippen molar-refractivity contribution in [1.29, 1.82) is 0 Å². The second-order valence-corrected chi connectivity index (χ2v) is 7.00. The Labute approximate surface area is 166 Å². The van der Waals surface area contributed by atoms with E-state index < -0.39 is 5.25 Å². The SMILES string of the molecule is COc1ccc(NC(=O)C[C@H]2SC(=NNc3ccccc3)NC2=O)c(OC)c1. The molecule has 146 valence electrons. The summed E-state index contributed by atoms with van der Waals surface area (Å²) in [6, 6.07) is 14.5. The summed E-state index contributed by atoms with van der Waals surface area (Å²) in [5, 5.41) is 9.47. The fraction of sp³-hybridized carbons (Fsp3) is 0.211. The number of hydrogen-bond acceptors (Lipinski definition) is 7. The highest BCUT2D eigenvalue weighted by atomic mass is 32.2. The van der Waals surface area contributed by atoms with Crippen molar-refractivity contribution >= 4 is 40.1 Å². The Balaban J connectivity index is 1.58. The number of hydrazone groups is 1. The highest BCUT2D eigenvalue weighted by Crippen LogP contribution is 2.30. The minimum atomic E-state index is -0.555. The summed E-state index contributed by atoms with van der Waals surface area (Å²) in [7, 11) is 3.06. The lowest BCUT2D eigenvalue weighted by Crippen LogP contribution is -2.28. The van der Waals surface area contributed by atoms with Crippen LogP contribution in [0.3, 0.4) is 0 Å². The third-order valence-corrected chi connectivity index (χ3v) is 4.97. The zero-order valence-electron chi connectivity index (χ0n) is 15.4. The number of anilines is 2. The zero-order chi connectivity index (χ0) is 19.9. The molecule has 0 radical (unpaired) electrons. The van der Waals surface area contributed by atoms with E-state index in [1.807, 2.05) is 30.3 Å². The molecular formula is C19H20N4O4S. The lowest BCUT2D eigenvalue weighted by atomic mass is 10.2. The molecule has 0 aromatic heterocycles. The van der Waals surface area contributed by atoms with Crippen LogP contribution in [-0.4, -0.2) is 36.5 Å². The number of amides is 2. The summed E-state index contributed by atoms with van der Waals surface area (Å²) in [5.41, 5.74) is 4.18. The molecule has 0 aliphatic carbocycles. The number of nitrogens with one attached hydrogen (secondary N) is 3. The van der Waals surface area contributed by atoms with Crippen molar-refractivity contribution in [1.82, 2.24) is 5.32 Å². The van der Waals surface area contributed by atoms with Gasteiger partial charge < -0.3 is 20.1 Å². The first-order chi connectivity index (χ1) is 13.6. The smallest absolute Gasteiger partial charge is 0.240 e. The van der Waals surface area contributed by atoms with Crippen LogP contribution in [0, 0.1) is 0 Å². The molecular weight excluding hydrogens is 380 g/mol. The maximum absolute atomic E-state index is 12.4. The van der Waals surface area contributed by atoms with Gasteiger partial charge in [-0.2, -0.15) is 0 Å². The molecule has 0 spiro atoms. The van der Waals surface area contributed by atoms with E-state index in [0.29, 0.717) is 22.4 Å². The van der Waals surface area contributed by atoms with Crippen molar-refractivity contribution in [2.45, 2.75) is 11.7 Å². The van der Waals surface area contributed by atoms with E-state index in [-0.39, 0.29) is 18.2 Å². The molecule has 28 heavy (non-hydrogen) atoms. The number of carbonyl (C=O) groups is 2. The van der Waals surface area contributed by atoms with Crippen LogP contribution in [0.1, 0.15) is 6.42 Å². The van der Waals surface area contributed by atoms with Gasteiger partial charge in [-0.15, -0.1) is 5.10 Å². The Morgan fingerprint density at radius 1 is 1.18 bits per heavy atom. The third-order valence-electron chi connectivity index (χ3n) is 3.89. The maximum Gasteiger partial charge on any atom is 0.240 e. The summed E-state index contributed by atoms with van der Waals surface area (Å²) < 4.78 is 10.4. The molecule has 1 aliphatic heterocycles. The second kappa shape index (κ2) is 9.14. The number of amidine groups is 1. The summed E-state index contributed by atoms with van der Waals surface area (Å²) >= 11 is 1.21. The van der Waals surface area contributed by atoms with Crippen molar-refractivity contribution < 1.29 is 19.1 Å². The van der Waals surface area contributed by atoms with Gasteiger partial charge in [-0.3, -0.25) is 15.0 Å². The molecule has 0 saturated carbocycles. The predicted molar refractivity (Wildman–Crippen MR) is 110 cm³/mol. The predicted octanol–water partition coefficient (Wildman–Crippen LogP) is 2.65. The van der Waals surface area contributed by atoms with Crippen LogP contribution in [0.5, 0.6) is 11.5 Å². The summed E-state index contributed by atoms with van der Waals surface area (Å²) in [5.74, 6) is 0.543. The fourth-order valence-electron chi connectivity index (χ4n) is 2.49. The largest absolute Gasteiger partial charge is 0.497 e. The molecule has 8 nitrogen and oxygen atoms in total. The van der Waals surface area contributed by atoms with Crippen LogP contribution in [0.25, 0.3) is 0 Å². The van der Waals surface area contributed by atoms with E-state index in [2.05, 4.69) is 21.2 Å². The monoisotopic (exact) mass is 400 g/mol. The van der Waals surface area contributed by atoms with E-state index >= 15 is 0 Å². The minimum Gasteiger partial charge on any atom is -0.497 e. The van der Waals surface area contributed by atoms with Gasteiger partial charge in [0.1, 0.15) is 16.7 Å². The molecule has 1 heterocycles. The van der Waals surface area contributed by atoms with Gasteiger partial charge in [0.15, 0.2) is 5.17 Å². The van der Waals surface area contributed by atoms with Gasteiger partial charge in [0.05, 0.1) is 25.6 Å². The Morgan fingerprint density at radius 3 is 2.68 bits per heavy atom. The standard InChI is InChI=1S/C19H20N4O4S/c1-26-13-8-9-14(15(10-13)27-2)20-17(24)11-16-18(25)21-19(28-16)23-22-12-6-4-3-5-7-12/h3-10,16,22H,11H2,1-2H3,(H,20,24)(H,21,23,25)/t16-/m1/s1. The number of rotatable bonds is 7. The van der Waals surface area contributed by atoms with E-state index in [1.165, 1.54) is 18.9 Å². The number of ether oxygens (including phenoxy) is 2. The van der Waals surface area contributed by atoms with Crippen LogP contribution < -0.4 is 25.5 Å². The molecule has 1 atom stereocenters. The molecule has 0 bridgehead atoms. The molecule has 0 unspecified atom stereocenters. The molecule has 9 heteroatoms. The number of hydrogen-bond donors (Lipinski definition) is 3. The Bertz CT molecular complexity index is 889. The fourth-order valence-corrected chi connectivity index (χ4v) is 3.42. The minimum absolute atomic E-state index is 0.00996. The topological polar surface area (TPSA) is 101 Å². The van der Waals surface area contributed by atoms with Crippen LogP contribution in [0.2, 0.25) is 0 Å². The van der Waals surface area contributed by atoms with Gasteiger partial charge in [-0.05, 0) is 24.3 Å². The number of methoxy groups -OCH3 is 2. The van der Waals surface area contributed by atoms with Gasteiger partial charge in [-0.1, -0.05) is 30.0 Å². The highest BCUT2D eigenvalue weighted by Gasteiger charge is 2.32. The number of para-hydroxylation sites is 1. The summed E-state index contributed by atoms with van der Waals surface area (Å²) in [4.78, 5) is 24.5. The quantitative estimate of drug-likeness (QED) is 0.618. The highest BCUT2D eigenvalue weighted by molar-refractivity contribution is 8.15. The second-order valence-electron chi connectivity index (χ2n) is 5.81. The van der Waals surface area contributed by atoms with E-state index in [0.717, 1.165) is 5.69 Å². The normalized spacial score (nSPS) is 17.1. The van der Waals surface area contributed by atoms with Crippen molar-refractivity contribution in [3.8, 4) is 11.5 Å². The molecule has 2 aromatic rings. The molecule has 3 rings (SSSR count). The number of thioether (sulfide) groups is 1. The van der Waals surface area contributed by atoms with Crippen LogP contribution in [0.15, 0.2) is 53.6 Å². The molecule has 3 N–H and O–H groups in total. The summed E-state index contributed by atoms with van der Waals surface area (Å²) in [6.45, 7) is 0. The van der Waals surface area contributed by atoms with Crippen LogP contribution >= 0.6 is 11.8 Å². The number of benzene rings is 2. The van der Waals surface area contributed by atoms with Gasteiger partial charge in [0, 0.05) is 12.5 Å². The van der Waals surface area contributed by atoms with Gasteiger partial charge >= 0.3 is 0 Å². The van der Waals surface area contributed by atoms with Crippen molar-refractivity contribution in [2.75, 3.05) is 25.0 Å².